The first-order chi connectivity index (χ1) is 8.36. The second kappa shape index (κ2) is 9.47. The lowest BCUT2D eigenvalue weighted by atomic mass is 9.92. The summed E-state index contributed by atoms with van der Waals surface area (Å²) in [6.07, 6.45) is 17.8. The molecular formula is C16H29N. The van der Waals surface area contributed by atoms with Crippen molar-refractivity contribution in [2.24, 2.45) is 0 Å². The molecule has 0 spiro atoms. The van der Waals surface area contributed by atoms with Crippen molar-refractivity contribution in [3.8, 4) is 0 Å². The highest BCUT2D eigenvalue weighted by molar-refractivity contribution is 5.06. The van der Waals surface area contributed by atoms with Crippen LogP contribution in [0.4, 0.5) is 0 Å². The highest BCUT2D eigenvalue weighted by atomic mass is 14.9. The van der Waals surface area contributed by atoms with Crippen LogP contribution in [0.5, 0.6) is 0 Å². The highest BCUT2D eigenvalue weighted by Gasteiger charge is 2.10. The summed E-state index contributed by atoms with van der Waals surface area (Å²) < 4.78 is 0. The molecule has 1 aliphatic rings. The van der Waals surface area contributed by atoms with E-state index in [1.807, 2.05) is 6.08 Å². The van der Waals surface area contributed by atoms with Gasteiger partial charge in [-0.15, -0.1) is 6.58 Å². The van der Waals surface area contributed by atoms with Gasteiger partial charge in [0.05, 0.1) is 0 Å². The molecule has 0 aromatic heterocycles. The van der Waals surface area contributed by atoms with Crippen molar-refractivity contribution in [3.63, 3.8) is 0 Å². The summed E-state index contributed by atoms with van der Waals surface area (Å²) in [7, 11) is 2.11. The quantitative estimate of drug-likeness (QED) is 0.455. The fourth-order valence-corrected chi connectivity index (χ4v) is 2.61. The topological polar surface area (TPSA) is 12.0 Å². The summed E-state index contributed by atoms with van der Waals surface area (Å²) in [5.74, 6) is 0. The Morgan fingerprint density at radius 2 is 2.24 bits per heavy atom. The van der Waals surface area contributed by atoms with E-state index in [9.17, 15) is 0 Å². The van der Waals surface area contributed by atoms with E-state index in [2.05, 4.69) is 25.0 Å². The van der Waals surface area contributed by atoms with E-state index in [0.29, 0.717) is 6.04 Å². The number of hydrogen-bond donors (Lipinski definition) is 1. The molecule has 1 heteroatoms. The van der Waals surface area contributed by atoms with Crippen molar-refractivity contribution in [1.29, 1.82) is 0 Å². The van der Waals surface area contributed by atoms with Crippen LogP contribution < -0.4 is 5.32 Å². The second-order valence-electron chi connectivity index (χ2n) is 5.22. The predicted molar refractivity (Wildman–Crippen MR) is 77.3 cm³/mol. The molecule has 1 nitrogen and oxygen atoms in total. The van der Waals surface area contributed by atoms with Crippen LogP contribution in [0.1, 0.15) is 64.2 Å². The van der Waals surface area contributed by atoms with Crippen molar-refractivity contribution in [2.75, 3.05) is 7.05 Å². The fraction of sp³-hybridized carbons (Fsp3) is 0.750. The van der Waals surface area contributed by atoms with E-state index in [0.717, 1.165) is 0 Å². The maximum absolute atomic E-state index is 3.77. The Labute approximate surface area is 107 Å². The zero-order valence-electron chi connectivity index (χ0n) is 11.5. The van der Waals surface area contributed by atoms with E-state index in [4.69, 9.17) is 0 Å². The average molecular weight is 235 g/mol. The molecule has 1 atom stereocenters. The molecular weight excluding hydrogens is 206 g/mol. The molecule has 0 heterocycles. The van der Waals surface area contributed by atoms with Crippen LogP contribution in [-0.4, -0.2) is 13.1 Å². The first-order valence-corrected chi connectivity index (χ1v) is 7.33. The third-order valence-electron chi connectivity index (χ3n) is 3.76. The lowest BCUT2D eigenvalue weighted by Gasteiger charge is -2.20. The maximum Gasteiger partial charge on any atom is 0.0101 e. The molecule has 0 saturated heterocycles. The Balaban J connectivity index is 2.14. The first kappa shape index (κ1) is 14.5. The van der Waals surface area contributed by atoms with E-state index in [1.165, 1.54) is 64.2 Å². The Bertz CT molecular complexity index is 230. The van der Waals surface area contributed by atoms with Crippen LogP contribution in [0.25, 0.3) is 0 Å². The lowest BCUT2D eigenvalue weighted by molar-refractivity contribution is 0.475. The van der Waals surface area contributed by atoms with Crippen LogP contribution in [0.3, 0.4) is 0 Å². The van der Waals surface area contributed by atoms with Crippen LogP contribution in [0, 0.1) is 0 Å². The third kappa shape index (κ3) is 6.68. The molecule has 0 aromatic carbocycles. The fourth-order valence-electron chi connectivity index (χ4n) is 2.61. The molecule has 0 fully saturated rings. The normalized spacial score (nSPS) is 17.6. The second-order valence-corrected chi connectivity index (χ2v) is 5.22. The first-order valence-electron chi connectivity index (χ1n) is 7.33. The van der Waals surface area contributed by atoms with Crippen molar-refractivity contribution >= 4 is 0 Å². The van der Waals surface area contributed by atoms with Crippen molar-refractivity contribution in [1.82, 2.24) is 5.32 Å². The van der Waals surface area contributed by atoms with Crippen LogP contribution in [0.15, 0.2) is 24.3 Å². The monoisotopic (exact) mass is 235 g/mol. The minimum absolute atomic E-state index is 0.697. The summed E-state index contributed by atoms with van der Waals surface area (Å²) in [4.78, 5) is 0. The van der Waals surface area contributed by atoms with Gasteiger partial charge in [0.2, 0.25) is 0 Å². The minimum atomic E-state index is 0.697. The zero-order valence-corrected chi connectivity index (χ0v) is 11.5. The molecule has 0 radical (unpaired) electrons. The SMILES string of the molecule is C=CCCCCCC(CC1=CCCCC1)NC. The number of nitrogens with one attached hydrogen (secondary N) is 1. The van der Waals surface area contributed by atoms with Gasteiger partial charge < -0.3 is 5.32 Å². The molecule has 0 bridgehead atoms. The molecule has 17 heavy (non-hydrogen) atoms. The molecule has 0 saturated carbocycles. The Morgan fingerprint density at radius 3 is 2.88 bits per heavy atom. The Morgan fingerprint density at radius 1 is 1.35 bits per heavy atom. The van der Waals surface area contributed by atoms with Crippen molar-refractivity contribution in [2.45, 2.75) is 70.3 Å². The van der Waals surface area contributed by atoms with Gasteiger partial charge in [0.1, 0.15) is 0 Å². The van der Waals surface area contributed by atoms with E-state index in [1.54, 1.807) is 5.57 Å². The number of allylic oxidation sites excluding steroid dienone is 2. The molecule has 1 rings (SSSR count). The average Bonchev–Trinajstić information content (AvgIpc) is 2.38. The van der Waals surface area contributed by atoms with Gasteiger partial charge in [-0.1, -0.05) is 30.6 Å². The van der Waals surface area contributed by atoms with Gasteiger partial charge >= 0.3 is 0 Å². The van der Waals surface area contributed by atoms with E-state index in [-0.39, 0.29) is 0 Å². The summed E-state index contributed by atoms with van der Waals surface area (Å²) in [5, 5.41) is 3.48. The van der Waals surface area contributed by atoms with Gasteiger partial charge in [-0.05, 0) is 58.4 Å². The molecule has 0 amide bonds. The predicted octanol–water partition coefficient (Wildman–Crippen LogP) is 4.60. The number of rotatable bonds is 9. The van der Waals surface area contributed by atoms with Gasteiger partial charge in [0.25, 0.3) is 0 Å². The Kier molecular flexibility index (Phi) is 8.08. The lowest BCUT2D eigenvalue weighted by Crippen LogP contribution is -2.25. The largest absolute Gasteiger partial charge is 0.317 e. The van der Waals surface area contributed by atoms with Gasteiger partial charge in [0.15, 0.2) is 0 Å². The molecule has 1 aliphatic carbocycles. The zero-order chi connectivity index (χ0) is 12.3. The summed E-state index contributed by atoms with van der Waals surface area (Å²) in [6.45, 7) is 3.77. The van der Waals surface area contributed by atoms with Gasteiger partial charge in [-0.3, -0.25) is 0 Å². The summed E-state index contributed by atoms with van der Waals surface area (Å²) in [6, 6.07) is 0.697. The number of hydrogen-bond acceptors (Lipinski definition) is 1. The molecule has 1 N–H and O–H groups in total. The molecule has 98 valence electrons. The van der Waals surface area contributed by atoms with Gasteiger partial charge in [0, 0.05) is 6.04 Å². The Hall–Kier alpha value is -0.560. The standard InChI is InChI=1S/C16H29N/c1-3-4-5-6-10-13-16(17-2)14-15-11-8-7-9-12-15/h3,11,16-17H,1,4-10,12-14H2,2H3. The van der Waals surface area contributed by atoms with Crippen LogP contribution in [-0.2, 0) is 0 Å². The van der Waals surface area contributed by atoms with Crippen molar-refractivity contribution < 1.29 is 0 Å². The third-order valence-corrected chi connectivity index (χ3v) is 3.76. The van der Waals surface area contributed by atoms with Crippen LogP contribution in [0.2, 0.25) is 0 Å². The minimum Gasteiger partial charge on any atom is -0.317 e. The molecule has 0 aromatic rings. The van der Waals surface area contributed by atoms with Crippen LogP contribution >= 0.6 is 0 Å². The summed E-state index contributed by atoms with van der Waals surface area (Å²) >= 11 is 0. The van der Waals surface area contributed by atoms with E-state index < -0.39 is 0 Å². The van der Waals surface area contributed by atoms with Crippen molar-refractivity contribution in [3.05, 3.63) is 24.3 Å². The van der Waals surface area contributed by atoms with Gasteiger partial charge in [-0.2, -0.15) is 0 Å². The molecule has 0 aliphatic heterocycles. The summed E-state index contributed by atoms with van der Waals surface area (Å²) in [5.41, 5.74) is 1.70. The molecule has 1 unspecified atom stereocenters. The van der Waals surface area contributed by atoms with Gasteiger partial charge in [-0.25, -0.2) is 0 Å². The smallest absolute Gasteiger partial charge is 0.0101 e. The number of unbranched alkanes of at least 4 members (excludes halogenated alkanes) is 3. The van der Waals surface area contributed by atoms with E-state index >= 15 is 0 Å². The highest BCUT2D eigenvalue weighted by Crippen LogP contribution is 2.22. The maximum atomic E-state index is 3.77.